The van der Waals surface area contributed by atoms with Crippen molar-refractivity contribution in [3.05, 3.63) is 142 Å². The fraction of sp³-hybridized carbons (Fsp3) is 0.457. The smallest absolute Gasteiger partial charge is 0.257 e. The lowest BCUT2D eigenvalue weighted by molar-refractivity contribution is 0.332. The zero-order valence-corrected chi connectivity index (χ0v) is 50.4. The van der Waals surface area contributed by atoms with E-state index in [2.05, 4.69) is 237 Å². The second kappa shape index (κ2) is 15.9. The Bertz CT molecular complexity index is 3550. The van der Waals surface area contributed by atoms with Gasteiger partial charge in [0.05, 0.1) is 19.4 Å². The van der Waals surface area contributed by atoms with Crippen LogP contribution in [0, 0.1) is 6.92 Å². The summed E-state index contributed by atoms with van der Waals surface area (Å²) >= 11 is 0. The molecule has 0 N–H and O–H groups in total. The highest BCUT2D eigenvalue weighted by molar-refractivity contribution is 7.02. The van der Waals surface area contributed by atoms with Crippen molar-refractivity contribution in [3.8, 4) is 11.1 Å². The van der Waals surface area contributed by atoms with Crippen molar-refractivity contribution in [1.29, 1.82) is 0 Å². The number of furan rings is 1. The van der Waals surface area contributed by atoms with Crippen LogP contribution in [0.3, 0.4) is 0 Å². The van der Waals surface area contributed by atoms with Gasteiger partial charge in [-0.3, -0.25) is 4.90 Å². The molecule has 12 rings (SSSR count). The van der Waals surface area contributed by atoms with E-state index >= 15 is 0 Å². The Labute approximate surface area is 453 Å². The first-order valence-corrected chi connectivity index (χ1v) is 32.3. The molecule has 0 atom stereocenters. The van der Waals surface area contributed by atoms with Crippen molar-refractivity contribution in [3.63, 3.8) is 0 Å². The van der Waals surface area contributed by atoms with Gasteiger partial charge in [0.1, 0.15) is 5.58 Å². The van der Waals surface area contributed by atoms with Crippen LogP contribution in [0.5, 0.6) is 0 Å². The van der Waals surface area contributed by atoms with Gasteiger partial charge in [-0.2, -0.15) is 0 Å². The van der Waals surface area contributed by atoms with Gasteiger partial charge in [0.25, 0.3) is 6.71 Å². The van der Waals surface area contributed by atoms with Crippen molar-refractivity contribution < 1.29 is 4.42 Å². The van der Waals surface area contributed by atoms with Crippen LogP contribution in [0.4, 0.5) is 34.3 Å². The van der Waals surface area contributed by atoms with Gasteiger partial charge in [0.2, 0.25) is 5.88 Å². The van der Waals surface area contributed by atoms with Crippen LogP contribution in [0.2, 0.25) is 19.6 Å². The molecule has 0 radical (unpaired) electrons. The van der Waals surface area contributed by atoms with Crippen LogP contribution < -0.4 is 31.4 Å². The zero-order chi connectivity index (χ0) is 53.7. The van der Waals surface area contributed by atoms with Crippen molar-refractivity contribution in [2.24, 2.45) is 0 Å². The maximum Gasteiger partial charge on any atom is 0.257 e. The first-order chi connectivity index (χ1) is 34.8. The molecule has 3 nitrogen and oxygen atoms in total. The van der Waals surface area contributed by atoms with Crippen molar-refractivity contribution >= 4 is 81.7 Å². The molecule has 5 aliphatic rings. The van der Waals surface area contributed by atoms with E-state index in [1.165, 1.54) is 117 Å². The second-order valence-electron chi connectivity index (χ2n) is 30.3. The predicted octanol–water partition coefficient (Wildman–Crippen LogP) is 17.4. The molecule has 6 aromatic carbocycles. The lowest BCUT2D eigenvalue weighted by Crippen LogP contribution is -2.62. The van der Waals surface area contributed by atoms with Crippen molar-refractivity contribution in [2.45, 2.75) is 207 Å². The molecule has 3 aliphatic carbocycles. The van der Waals surface area contributed by atoms with Crippen LogP contribution >= 0.6 is 0 Å². The van der Waals surface area contributed by atoms with Gasteiger partial charge in [-0.15, -0.1) is 0 Å². The number of hydrogen-bond donors (Lipinski definition) is 0. The summed E-state index contributed by atoms with van der Waals surface area (Å²) in [4.78, 5) is 5.40. The normalized spacial score (nSPS) is 20.2. The number of aryl methyl sites for hydroxylation is 1. The summed E-state index contributed by atoms with van der Waals surface area (Å²) in [6.07, 6.45) is 6.95. The predicted molar refractivity (Wildman–Crippen MR) is 328 cm³/mol. The van der Waals surface area contributed by atoms with E-state index in [1.807, 2.05) is 0 Å². The van der Waals surface area contributed by atoms with Crippen LogP contribution in [0.1, 0.15) is 187 Å². The van der Waals surface area contributed by atoms with Gasteiger partial charge in [-0.1, -0.05) is 177 Å². The summed E-state index contributed by atoms with van der Waals surface area (Å²) in [7, 11) is -2.00. The molecule has 0 saturated heterocycles. The quantitative estimate of drug-likeness (QED) is 0.164. The molecule has 1 aromatic heterocycles. The van der Waals surface area contributed by atoms with Crippen LogP contribution in [0.15, 0.2) is 101 Å². The molecule has 0 unspecified atom stereocenters. The van der Waals surface area contributed by atoms with Crippen molar-refractivity contribution in [1.82, 2.24) is 0 Å². The van der Waals surface area contributed by atoms with E-state index in [9.17, 15) is 0 Å². The SMILES string of the molecule is Cc1cc(C(C)(C)C)ccc1N1c2cc([Si](C)(C)C)cc3c2B(c2cc4c(cc2N3c2cc3c(cc2-c2ccccc2)C(C)(C)CCC3(C)C)C(C)(C)CCC4(C)C)c2c1oc1cc3c(cc21)C(C)(C)CCC3(C)C. The van der Waals surface area contributed by atoms with Gasteiger partial charge in [0.15, 0.2) is 0 Å². The third-order valence-electron chi connectivity index (χ3n) is 20.1. The maximum absolute atomic E-state index is 7.73. The van der Waals surface area contributed by atoms with Crippen LogP contribution in [-0.2, 0) is 37.9 Å². The molecule has 0 fully saturated rings. The monoisotopic (exact) mass is 1010 g/mol. The average molecular weight is 1010 g/mol. The van der Waals surface area contributed by atoms with Crippen LogP contribution in [0.25, 0.3) is 22.1 Å². The second-order valence-corrected chi connectivity index (χ2v) is 35.4. The summed E-state index contributed by atoms with van der Waals surface area (Å²) in [6.45, 7) is 46.7. The summed E-state index contributed by atoms with van der Waals surface area (Å²) < 4.78 is 7.73. The molecule has 0 spiro atoms. The van der Waals surface area contributed by atoms with E-state index in [0.717, 1.165) is 43.6 Å². The zero-order valence-electron chi connectivity index (χ0n) is 49.4. The van der Waals surface area contributed by atoms with E-state index < -0.39 is 8.07 Å². The highest BCUT2D eigenvalue weighted by Crippen LogP contribution is 2.56. The molecule has 0 amide bonds. The lowest BCUT2D eigenvalue weighted by Gasteiger charge is -2.48. The molecule has 0 bridgehead atoms. The highest BCUT2D eigenvalue weighted by atomic mass is 28.3. The highest BCUT2D eigenvalue weighted by Gasteiger charge is 2.51. The molecule has 0 saturated carbocycles. The Morgan fingerprint density at radius 3 is 1.48 bits per heavy atom. The molecule has 2 aliphatic heterocycles. The summed E-state index contributed by atoms with van der Waals surface area (Å²) in [5.74, 6) is 0.977. The Balaban J connectivity index is 1.29. The third-order valence-corrected chi connectivity index (χ3v) is 22.1. The van der Waals surface area contributed by atoms with E-state index in [4.69, 9.17) is 4.42 Å². The fourth-order valence-electron chi connectivity index (χ4n) is 14.6. The molecule has 5 heteroatoms. The Kier molecular flexibility index (Phi) is 10.7. The standard InChI is InChI=1S/C70H85BN2OSi/c1-42-33-44(64(2,3)4)25-26-55(42)73-59-35-45(75(17,18)19)34-58-62(59)71(61-47-37-49-53(41-60(47)74-63(61)73)70(15,16)32-28-66(49,7)8)54-38-50-52(69(13,14)31-29-67(50,9)10)40-57(54)72(58)56-39-51-48(65(5,6)27-30-68(51,11)12)36-46(56)43-23-21-20-22-24-43/h20-26,33-41H,27-32H2,1-19H3. The van der Waals surface area contributed by atoms with E-state index in [0.29, 0.717) is 0 Å². The van der Waals surface area contributed by atoms with Gasteiger partial charge in [0, 0.05) is 33.5 Å². The number of anilines is 6. The molecule has 3 heterocycles. The van der Waals surface area contributed by atoms with E-state index in [1.54, 1.807) is 0 Å². The number of fused-ring (bicyclic) bond motifs is 9. The first-order valence-electron chi connectivity index (χ1n) is 28.8. The minimum Gasteiger partial charge on any atom is -0.440 e. The minimum atomic E-state index is -2.00. The minimum absolute atomic E-state index is 0.00629. The number of benzene rings is 6. The third kappa shape index (κ3) is 7.60. The number of hydrogen-bond acceptors (Lipinski definition) is 3. The fourth-order valence-corrected chi connectivity index (χ4v) is 15.7. The first kappa shape index (κ1) is 50.6. The van der Waals surface area contributed by atoms with Gasteiger partial charge in [-0.05, 0) is 193 Å². The maximum atomic E-state index is 7.73. The molecular formula is C70H85BN2OSi. The topological polar surface area (TPSA) is 19.6 Å². The molecule has 388 valence electrons. The lowest BCUT2D eigenvalue weighted by atomic mass is 9.33. The summed E-state index contributed by atoms with van der Waals surface area (Å²) in [5.41, 5.74) is 25.7. The average Bonchev–Trinajstić information content (AvgIpc) is 3.70. The molecular weight excluding hydrogens is 924 g/mol. The molecule has 75 heavy (non-hydrogen) atoms. The van der Waals surface area contributed by atoms with Gasteiger partial charge in [-0.25, -0.2) is 0 Å². The molecule has 7 aromatic rings. The van der Waals surface area contributed by atoms with Crippen LogP contribution in [-0.4, -0.2) is 14.8 Å². The summed E-state index contributed by atoms with van der Waals surface area (Å²) in [6, 6.07) is 39.7. The number of nitrogens with zero attached hydrogens (tertiary/aromatic N) is 2. The van der Waals surface area contributed by atoms with Gasteiger partial charge >= 0.3 is 0 Å². The largest absolute Gasteiger partial charge is 0.440 e. The number of rotatable bonds is 4. The Morgan fingerprint density at radius 2 is 0.960 bits per heavy atom. The summed E-state index contributed by atoms with van der Waals surface area (Å²) in [5, 5.41) is 2.72. The van der Waals surface area contributed by atoms with Crippen molar-refractivity contribution in [2.75, 3.05) is 9.80 Å². The Hall–Kier alpha value is -5.26. The van der Waals surface area contributed by atoms with Gasteiger partial charge < -0.3 is 9.32 Å². The Morgan fingerprint density at radius 1 is 0.480 bits per heavy atom. The van der Waals surface area contributed by atoms with E-state index in [-0.39, 0.29) is 44.6 Å².